The van der Waals surface area contributed by atoms with Crippen molar-refractivity contribution in [1.29, 1.82) is 0 Å². The summed E-state index contributed by atoms with van der Waals surface area (Å²) in [7, 11) is 0. The lowest BCUT2D eigenvalue weighted by atomic mass is 10.1. The highest BCUT2D eigenvalue weighted by molar-refractivity contribution is 7.98. The van der Waals surface area contributed by atoms with Crippen LogP contribution in [0.15, 0.2) is 5.16 Å². The summed E-state index contributed by atoms with van der Waals surface area (Å²) in [6, 6.07) is 0.151. The molecule has 1 aliphatic rings. The molecule has 1 aromatic heterocycles. The van der Waals surface area contributed by atoms with Gasteiger partial charge in [0.2, 0.25) is 11.8 Å². The molecule has 7 nitrogen and oxygen atoms in total. The number of nitrogens with zero attached hydrogens (tertiary/aromatic N) is 4. The van der Waals surface area contributed by atoms with Gasteiger partial charge >= 0.3 is 0 Å². The molecule has 1 N–H and O–H groups in total. The maximum absolute atomic E-state index is 12.3. The Labute approximate surface area is 160 Å². The third-order valence-corrected chi connectivity index (χ3v) is 5.22. The predicted octanol–water partition coefficient (Wildman–Crippen LogP) is 1.96. The van der Waals surface area contributed by atoms with Crippen LogP contribution in [0.5, 0.6) is 0 Å². The molecule has 26 heavy (non-hydrogen) atoms. The summed E-state index contributed by atoms with van der Waals surface area (Å²) in [5.41, 5.74) is 0. The fraction of sp³-hybridized carbons (Fsp3) is 0.778. The zero-order valence-electron chi connectivity index (χ0n) is 16.5. The maximum atomic E-state index is 12.3. The summed E-state index contributed by atoms with van der Waals surface area (Å²) < 4.78 is 2.17. The van der Waals surface area contributed by atoms with Crippen molar-refractivity contribution in [2.75, 3.05) is 19.3 Å². The second-order valence-corrected chi connectivity index (χ2v) is 8.32. The summed E-state index contributed by atoms with van der Waals surface area (Å²) >= 11 is 1.60. The van der Waals surface area contributed by atoms with Gasteiger partial charge in [-0.1, -0.05) is 25.6 Å². The Balaban J connectivity index is 1.80. The average Bonchev–Trinajstić information content (AvgIpc) is 3.14. The molecule has 0 aliphatic carbocycles. The van der Waals surface area contributed by atoms with Crippen LogP contribution in [0.1, 0.15) is 46.4 Å². The van der Waals surface area contributed by atoms with E-state index in [-0.39, 0.29) is 23.8 Å². The fourth-order valence-electron chi connectivity index (χ4n) is 3.21. The highest BCUT2D eigenvalue weighted by Gasteiger charge is 2.35. The van der Waals surface area contributed by atoms with Gasteiger partial charge in [-0.15, -0.1) is 10.2 Å². The van der Waals surface area contributed by atoms with E-state index in [4.69, 9.17) is 0 Å². The van der Waals surface area contributed by atoms with Crippen LogP contribution in [0, 0.1) is 11.8 Å². The lowest BCUT2D eigenvalue weighted by molar-refractivity contribution is -0.129. The molecule has 1 fully saturated rings. The summed E-state index contributed by atoms with van der Waals surface area (Å²) in [5, 5.41) is 12.5. The van der Waals surface area contributed by atoms with Gasteiger partial charge in [0.05, 0.1) is 5.92 Å². The zero-order chi connectivity index (χ0) is 19.3. The Morgan fingerprint density at radius 1 is 1.31 bits per heavy atom. The SMILES string of the molecule is CSc1nnc(CCCNC(=O)[C@H]2CC(=O)N(C(C)C)C2)n1CC(C)C. The predicted molar refractivity (Wildman–Crippen MR) is 103 cm³/mol. The first-order chi connectivity index (χ1) is 12.3. The third-order valence-electron chi connectivity index (χ3n) is 4.55. The second-order valence-electron chi connectivity index (χ2n) is 7.54. The largest absolute Gasteiger partial charge is 0.356 e. The normalized spacial score (nSPS) is 17.6. The number of carbonyl (C=O) groups excluding carboxylic acids is 2. The standard InChI is InChI=1S/C18H31N5O2S/c1-12(2)10-23-15(20-21-18(23)26-5)7-6-8-19-17(25)14-9-16(24)22(11-14)13(3)4/h12-14H,6-11H2,1-5H3,(H,19,25)/t14-/m0/s1. The number of likely N-dealkylation sites (tertiary alicyclic amines) is 1. The molecule has 2 amide bonds. The smallest absolute Gasteiger partial charge is 0.225 e. The highest BCUT2D eigenvalue weighted by atomic mass is 32.2. The van der Waals surface area contributed by atoms with Gasteiger partial charge in [0, 0.05) is 38.5 Å². The van der Waals surface area contributed by atoms with Gasteiger partial charge in [-0.25, -0.2) is 0 Å². The van der Waals surface area contributed by atoms with Crippen LogP contribution >= 0.6 is 11.8 Å². The maximum Gasteiger partial charge on any atom is 0.225 e. The number of amides is 2. The van der Waals surface area contributed by atoms with Crippen LogP contribution in [0.25, 0.3) is 0 Å². The number of rotatable bonds is 9. The van der Waals surface area contributed by atoms with Crippen LogP contribution in [-0.2, 0) is 22.6 Å². The summed E-state index contributed by atoms with van der Waals surface area (Å²) in [6.45, 7) is 10.3. The van der Waals surface area contributed by atoms with Crippen LogP contribution in [-0.4, -0.2) is 56.9 Å². The van der Waals surface area contributed by atoms with Crippen molar-refractivity contribution < 1.29 is 9.59 Å². The minimum Gasteiger partial charge on any atom is -0.356 e. The van der Waals surface area contributed by atoms with E-state index >= 15 is 0 Å². The van der Waals surface area contributed by atoms with E-state index in [2.05, 4.69) is 33.9 Å². The quantitative estimate of drug-likeness (QED) is 0.522. The molecule has 2 heterocycles. The van der Waals surface area contributed by atoms with E-state index in [9.17, 15) is 9.59 Å². The first kappa shape index (κ1) is 20.7. The van der Waals surface area contributed by atoms with E-state index in [1.807, 2.05) is 20.1 Å². The second kappa shape index (κ2) is 9.39. The van der Waals surface area contributed by atoms with Crippen LogP contribution in [0.2, 0.25) is 0 Å². The van der Waals surface area contributed by atoms with Crippen LogP contribution in [0.3, 0.4) is 0 Å². The van der Waals surface area contributed by atoms with E-state index < -0.39 is 0 Å². The van der Waals surface area contributed by atoms with Crippen LogP contribution in [0.4, 0.5) is 0 Å². The number of hydrogen-bond donors (Lipinski definition) is 1. The molecular weight excluding hydrogens is 350 g/mol. The molecular formula is C18H31N5O2S. The topological polar surface area (TPSA) is 80.1 Å². The molecule has 1 aromatic rings. The molecule has 1 atom stereocenters. The Hall–Kier alpha value is -1.57. The van der Waals surface area contributed by atoms with Crippen LogP contribution < -0.4 is 5.32 Å². The van der Waals surface area contributed by atoms with E-state index in [1.54, 1.807) is 16.7 Å². The summed E-state index contributed by atoms with van der Waals surface area (Å²) in [6.07, 6.45) is 3.92. The van der Waals surface area contributed by atoms with E-state index in [1.165, 1.54) is 0 Å². The van der Waals surface area contributed by atoms with E-state index in [0.717, 1.165) is 30.4 Å². The van der Waals surface area contributed by atoms with Crippen molar-refractivity contribution in [3.8, 4) is 0 Å². The monoisotopic (exact) mass is 381 g/mol. The molecule has 0 aromatic carbocycles. The molecule has 0 unspecified atom stereocenters. The third kappa shape index (κ3) is 5.22. The molecule has 0 saturated carbocycles. The average molecular weight is 382 g/mol. The van der Waals surface area contributed by atoms with E-state index in [0.29, 0.717) is 25.4 Å². The minimum absolute atomic E-state index is 0.0186. The molecule has 146 valence electrons. The van der Waals surface area contributed by atoms with Crippen molar-refractivity contribution in [3.05, 3.63) is 5.82 Å². The number of hydrogen-bond acceptors (Lipinski definition) is 5. The molecule has 8 heteroatoms. The Morgan fingerprint density at radius 2 is 2.04 bits per heavy atom. The Morgan fingerprint density at radius 3 is 2.62 bits per heavy atom. The van der Waals surface area contributed by atoms with Gasteiger partial charge in [0.1, 0.15) is 5.82 Å². The lowest BCUT2D eigenvalue weighted by Gasteiger charge is -2.20. The molecule has 2 rings (SSSR count). The summed E-state index contributed by atoms with van der Waals surface area (Å²) in [4.78, 5) is 26.0. The van der Waals surface area contributed by atoms with Gasteiger partial charge in [-0.3, -0.25) is 9.59 Å². The number of nitrogens with one attached hydrogen (secondary N) is 1. The van der Waals surface area contributed by atoms with Gasteiger partial charge in [0.25, 0.3) is 0 Å². The van der Waals surface area contributed by atoms with Gasteiger partial charge < -0.3 is 14.8 Å². The number of aromatic nitrogens is 3. The molecule has 1 aliphatic heterocycles. The van der Waals surface area contributed by atoms with Gasteiger partial charge in [-0.05, 0) is 32.4 Å². The Bertz CT molecular complexity index is 629. The fourth-order valence-corrected chi connectivity index (χ4v) is 3.73. The first-order valence-electron chi connectivity index (χ1n) is 9.36. The number of thioether (sulfide) groups is 1. The van der Waals surface area contributed by atoms with Gasteiger partial charge in [0.15, 0.2) is 5.16 Å². The highest BCUT2D eigenvalue weighted by Crippen LogP contribution is 2.20. The first-order valence-corrected chi connectivity index (χ1v) is 10.6. The lowest BCUT2D eigenvalue weighted by Crippen LogP contribution is -2.36. The minimum atomic E-state index is -0.224. The van der Waals surface area contributed by atoms with Crippen molar-refractivity contribution in [1.82, 2.24) is 25.0 Å². The van der Waals surface area contributed by atoms with Gasteiger partial charge in [-0.2, -0.15) is 0 Å². The number of aryl methyl sites for hydroxylation is 1. The molecule has 0 bridgehead atoms. The van der Waals surface area contributed by atoms with Crippen molar-refractivity contribution in [2.24, 2.45) is 11.8 Å². The van der Waals surface area contributed by atoms with Crippen molar-refractivity contribution in [2.45, 2.75) is 64.7 Å². The molecule has 0 radical (unpaired) electrons. The molecule has 0 spiro atoms. The molecule has 1 saturated heterocycles. The van der Waals surface area contributed by atoms with Crippen molar-refractivity contribution >= 4 is 23.6 Å². The van der Waals surface area contributed by atoms with Crippen molar-refractivity contribution in [3.63, 3.8) is 0 Å². The summed E-state index contributed by atoms with van der Waals surface area (Å²) in [5.74, 6) is 1.33. The Kier molecular flexibility index (Phi) is 7.49. The zero-order valence-corrected chi connectivity index (χ0v) is 17.3. The number of carbonyl (C=O) groups is 2.